The summed E-state index contributed by atoms with van der Waals surface area (Å²) in [5, 5.41) is -0.169. The molecule has 28 heavy (non-hydrogen) atoms. The summed E-state index contributed by atoms with van der Waals surface area (Å²) in [5.41, 5.74) is 6.58. The Morgan fingerprint density at radius 3 is 2.32 bits per heavy atom. The van der Waals surface area contributed by atoms with Crippen LogP contribution in [0.3, 0.4) is 0 Å². The first kappa shape index (κ1) is 20.9. The normalized spacial score (nSPS) is 15.9. The molecule has 1 aliphatic rings. The van der Waals surface area contributed by atoms with Crippen LogP contribution in [0.15, 0.2) is 27.6 Å². The average molecular weight is 461 g/mol. The zero-order valence-electron chi connectivity index (χ0n) is 16.9. The van der Waals surface area contributed by atoms with Crippen LogP contribution < -0.4 is 0 Å². The molecule has 0 spiro atoms. The molecule has 1 saturated heterocycles. The minimum atomic E-state index is -0.177. The van der Waals surface area contributed by atoms with Gasteiger partial charge in [-0.05, 0) is 86.8 Å². The summed E-state index contributed by atoms with van der Waals surface area (Å²) in [6.07, 6.45) is 3.64. The van der Waals surface area contributed by atoms with E-state index in [1.807, 2.05) is 13.0 Å². The molecular formula is C22H25BrN2O2S. The number of imide groups is 1. The zero-order valence-corrected chi connectivity index (χ0v) is 19.3. The molecule has 0 aliphatic carbocycles. The summed E-state index contributed by atoms with van der Waals surface area (Å²) in [5.74, 6) is -0.177. The third-order valence-corrected chi connectivity index (χ3v) is 7.20. The predicted octanol–water partition coefficient (Wildman–Crippen LogP) is 6.31. The number of nitrogens with zero attached hydrogens (tertiary/aromatic N) is 2. The highest BCUT2D eigenvalue weighted by atomic mass is 79.9. The van der Waals surface area contributed by atoms with Crippen molar-refractivity contribution >= 4 is 44.9 Å². The smallest absolute Gasteiger partial charge is 0.293 e. The summed E-state index contributed by atoms with van der Waals surface area (Å²) < 4.78 is 3.32. The lowest BCUT2D eigenvalue weighted by Crippen LogP contribution is -2.29. The highest BCUT2D eigenvalue weighted by molar-refractivity contribution is 9.10. The molecule has 2 heterocycles. The van der Waals surface area contributed by atoms with Gasteiger partial charge in [-0.25, -0.2) is 0 Å². The Morgan fingerprint density at radius 2 is 1.71 bits per heavy atom. The highest BCUT2D eigenvalue weighted by Gasteiger charge is 2.34. The number of unbranched alkanes of at least 4 members (excludes halogenated alkanes) is 1. The van der Waals surface area contributed by atoms with Crippen molar-refractivity contribution in [1.82, 2.24) is 9.47 Å². The highest BCUT2D eigenvalue weighted by Crippen LogP contribution is 2.34. The van der Waals surface area contributed by atoms with Crippen LogP contribution >= 0.6 is 27.7 Å². The topological polar surface area (TPSA) is 42.3 Å². The molecule has 4 nitrogen and oxygen atoms in total. The van der Waals surface area contributed by atoms with Gasteiger partial charge in [-0.3, -0.25) is 14.5 Å². The van der Waals surface area contributed by atoms with Gasteiger partial charge in [0.1, 0.15) is 0 Å². The number of benzene rings is 1. The third-order valence-electron chi connectivity index (χ3n) is 5.05. The van der Waals surface area contributed by atoms with Gasteiger partial charge < -0.3 is 4.57 Å². The number of halogens is 1. The third kappa shape index (κ3) is 3.85. The first-order valence-corrected chi connectivity index (χ1v) is 11.1. The molecule has 148 valence electrons. The second kappa shape index (κ2) is 8.29. The van der Waals surface area contributed by atoms with Crippen LogP contribution in [0.2, 0.25) is 0 Å². The number of thioether (sulfide) groups is 1. The van der Waals surface area contributed by atoms with Crippen LogP contribution in [0.25, 0.3) is 11.8 Å². The van der Waals surface area contributed by atoms with Gasteiger partial charge in [0.15, 0.2) is 0 Å². The fourth-order valence-corrected chi connectivity index (χ4v) is 4.62. The second-order valence-corrected chi connectivity index (χ2v) is 9.03. The van der Waals surface area contributed by atoms with Crippen molar-refractivity contribution < 1.29 is 9.59 Å². The van der Waals surface area contributed by atoms with Crippen molar-refractivity contribution in [2.45, 2.75) is 47.5 Å². The van der Waals surface area contributed by atoms with E-state index in [1.54, 1.807) is 0 Å². The summed E-state index contributed by atoms with van der Waals surface area (Å²) in [6, 6.07) is 6.38. The van der Waals surface area contributed by atoms with E-state index in [0.717, 1.165) is 51.7 Å². The molecule has 6 heteroatoms. The fourth-order valence-electron chi connectivity index (χ4n) is 3.53. The van der Waals surface area contributed by atoms with Crippen molar-refractivity contribution in [1.29, 1.82) is 0 Å². The number of hydrogen-bond donors (Lipinski definition) is 0. The minimum Gasteiger partial charge on any atom is -0.318 e. The lowest BCUT2D eigenvalue weighted by atomic mass is 10.1. The molecule has 2 aromatic rings. The SMILES string of the molecule is CCCCN1C(=O)S/C(=C\c2cc(C)n(-c3cc(C)c(Br)c(C)c3)c2C)C1=O. The van der Waals surface area contributed by atoms with Gasteiger partial charge >= 0.3 is 0 Å². The maximum absolute atomic E-state index is 12.6. The molecule has 1 aromatic carbocycles. The molecule has 0 bridgehead atoms. The van der Waals surface area contributed by atoms with Crippen molar-refractivity contribution in [3.05, 3.63) is 55.7 Å². The summed E-state index contributed by atoms with van der Waals surface area (Å²) >= 11 is 4.66. The first-order valence-electron chi connectivity index (χ1n) is 9.46. The number of carbonyl (C=O) groups excluding carboxylic acids is 2. The number of aromatic nitrogens is 1. The van der Waals surface area contributed by atoms with E-state index in [9.17, 15) is 9.59 Å². The van der Waals surface area contributed by atoms with Gasteiger partial charge in [0.25, 0.3) is 11.1 Å². The van der Waals surface area contributed by atoms with Gasteiger partial charge in [0, 0.05) is 28.1 Å². The van der Waals surface area contributed by atoms with E-state index in [1.165, 1.54) is 16.0 Å². The van der Waals surface area contributed by atoms with Gasteiger partial charge in [0.05, 0.1) is 4.91 Å². The Balaban J connectivity index is 1.98. The standard InChI is InChI=1S/C22H25BrN2O2S/c1-6-7-8-24-21(26)19(28-22(24)27)12-17-11-15(4)25(16(17)5)18-9-13(2)20(23)14(3)10-18/h9-12H,6-8H2,1-5H3/b19-12-. The molecular weight excluding hydrogens is 436 g/mol. The minimum absolute atomic E-state index is 0.169. The van der Waals surface area contributed by atoms with Crippen LogP contribution in [0.1, 0.15) is 47.8 Å². The second-order valence-electron chi connectivity index (χ2n) is 7.24. The van der Waals surface area contributed by atoms with Crippen LogP contribution in [0.4, 0.5) is 4.79 Å². The Kier molecular flexibility index (Phi) is 6.20. The molecule has 0 N–H and O–H groups in total. The summed E-state index contributed by atoms with van der Waals surface area (Å²) in [4.78, 5) is 26.7. The van der Waals surface area contributed by atoms with Crippen LogP contribution in [-0.4, -0.2) is 27.2 Å². The van der Waals surface area contributed by atoms with Crippen molar-refractivity contribution in [3.63, 3.8) is 0 Å². The van der Waals surface area contributed by atoms with Crippen molar-refractivity contribution in [2.24, 2.45) is 0 Å². The number of amides is 2. The maximum Gasteiger partial charge on any atom is 0.293 e. The molecule has 2 amide bonds. The van der Waals surface area contributed by atoms with E-state index >= 15 is 0 Å². The van der Waals surface area contributed by atoms with E-state index in [-0.39, 0.29) is 11.1 Å². The zero-order chi connectivity index (χ0) is 20.6. The number of carbonyl (C=O) groups is 2. The molecule has 0 radical (unpaired) electrons. The van der Waals surface area contributed by atoms with Crippen LogP contribution in [0.5, 0.6) is 0 Å². The average Bonchev–Trinajstić information content (AvgIpc) is 3.06. The van der Waals surface area contributed by atoms with Gasteiger partial charge in [-0.1, -0.05) is 29.3 Å². The Labute approximate surface area is 179 Å². The largest absolute Gasteiger partial charge is 0.318 e. The van der Waals surface area contributed by atoms with Gasteiger partial charge in [0.2, 0.25) is 0 Å². The first-order chi connectivity index (χ1) is 13.2. The lowest BCUT2D eigenvalue weighted by molar-refractivity contribution is -0.122. The molecule has 3 rings (SSSR count). The molecule has 0 atom stereocenters. The number of aryl methyl sites for hydroxylation is 3. The van der Waals surface area contributed by atoms with E-state index in [4.69, 9.17) is 0 Å². The fraction of sp³-hybridized carbons (Fsp3) is 0.364. The van der Waals surface area contributed by atoms with Crippen LogP contribution in [0, 0.1) is 27.7 Å². The molecule has 1 aromatic heterocycles. The van der Waals surface area contributed by atoms with Crippen LogP contribution in [-0.2, 0) is 4.79 Å². The summed E-state index contributed by atoms with van der Waals surface area (Å²) in [7, 11) is 0. The van der Waals surface area contributed by atoms with Gasteiger partial charge in [-0.2, -0.15) is 0 Å². The van der Waals surface area contributed by atoms with E-state index in [0.29, 0.717) is 11.4 Å². The van der Waals surface area contributed by atoms with E-state index < -0.39 is 0 Å². The molecule has 0 unspecified atom stereocenters. The predicted molar refractivity (Wildman–Crippen MR) is 120 cm³/mol. The van der Waals surface area contributed by atoms with Crippen molar-refractivity contribution in [3.8, 4) is 5.69 Å². The monoisotopic (exact) mass is 460 g/mol. The van der Waals surface area contributed by atoms with Gasteiger partial charge in [-0.15, -0.1) is 0 Å². The molecule has 1 fully saturated rings. The van der Waals surface area contributed by atoms with E-state index in [2.05, 4.69) is 66.4 Å². The molecule has 1 aliphatic heterocycles. The quantitative estimate of drug-likeness (QED) is 0.490. The molecule has 0 saturated carbocycles. The Morgan fingerprint density at radius 1 is 1.07 bits per heavy atom. The Bertz CT molecular complexity index is 968. The summed E-state index contributed by atoms with van der Waals surface area (Å²) in [6.45, 7) is 10.8. The van der Waals surface area contributed by atoms with Crippen molar-refractivity contribution in [2.75, 3.05) is 6.54 Å². The lowest BCUT2D eigenvalue weighted by Gasteiger charge is -2.13. The maximum atomic E-state index is 12.6. The number of rotatable bonds is 5. The number of hydrogen-bond acceptors (Lipinski definition) is 3. The Hall–Kier alpha value is -1.79.